The van der Waals surface area contributed by atoms with Crippen molar-refractivity contribution in [1.82, 2.24) is 10.3 Å². The van der Waals surface area contributed by atoms with E-state index in [0.29, 0.717) is 17.5 Å². The van der Waals surface area contributed by atoms with Crippen molar-refractivity contribution in [1.29, 1.82) is 0 Å². The number of aryl methyl sites for hydroxylation is 1. The molecule has 0 aliphatic heterocycles. The van der Waals surface area contributed by atoms with Gasteiger partial charge in [-0.1, -0.05) is 32.8 Å². The van der Waals surface area contributed by atoms with Crippen molar-refractivity contribution in [3.05, 3.63) is 33.7 Å². The number of nitrogens with one attached hydrogen (secondary N) is 2. The van der Waals surface area contributed by atoms with Crippen LogP contribution in [0.2, 0.25) is 0 Å². The van der Waals surface area contributed by atoms with Crippen molar-refractivity contribution in [2.75, 3.05) is 0 Å². The Morgan fingerprint density at radius 1 is 1.20 bits per heavy atom. The Bertz CT molecular complexity index is 532. The number of aromatic amines is 1. The average Bonchev–Trinajstić information content (AvgIpc) is 2.41. The first-order valence-electron chi connectivity index (χ1n) is 8.04. The lowest BCUT2D eigenvalue weighted by Gasteiger charge is -2.42. The summed E-state index contributed by atoms with van der Waals surface area (Å²) >= 11 is 0. The van der Waals surface area contributed by atoms with E-state index in [4.69, 9.17) is 0 Å². The molecule has 1 saturated carbocycles. The van der Waals surface area contributed by atoms with E-state index in [0.717, 1.165) is 18.5 Å². The fourth-order valence-electron chi connectivity index (χ4n) is 3.92. The SMILES string of the molecule is CC1(C)CCCCC1NC1CCCc2[nH]c(=O)ccc21. The standard InChI is InChI=1S/C17H26N2O/c1-17(2)11-4-3-8-15(17)18-13-6-5-7-14-12(13)9-10-16(20)19-14/h9-10,13,15,18H,3-8,11H2,1-2H3,(H,19,20). The molecule has 0 aromatic carbocycles. The van der Waals surface area contributed by atoms with E-state index in [1.807, 2.05) is 6.07 Å². The Morgan fingerprint density at radius 2 is 2.05 bits per heavy atom. The first-order chi connectivity index (χ1) is 9.56. The molecule has 2 N–H and O–H groups in total. The van der Waals surface area contributed by atoms with Gasteiger partial charge in [0.15, 0.2) is 0 Å². The molecule has 0 spiro atoms. The van der Waals surface area contributed by atoms with Gasteiger partial charge in [-0.15, -0.1) is 0 Å². The molecule has 3 rings (SSSR count). The van der Waals surface area contributed by atoms with Crippen molar-refractivity contribution in [3.8, 4) is 0 Å². The molecule has 20 heavy (non-hydrogen) atoms. The van der Waals surface area contributed by atoms with E-state index in [2.05, 4.69) is 24.1 Å². The van der Waals surface area contributed by atoms with E-state index in [-0.39, 0.29) is 5.56 Å². The molecule has 2 aliphatic rings. The van der Waals surface area contributed by atoms with Gasteiger partial charge in [0.2, 0.25) is 5.56 Å². The summed E-state index contributed by atoms with van der Waals surface area (Å²) in [7, 11) is 0. The van der Waals surface area contributed by atoms with Crippen LogP contribution in [-0.2, 0) is 6.42 Å². The molecule has 0 bridgehead atoms. The van der Waals surface area contributed by atoms with Gasteiger partial charge in [-0.05, 0) is 43.1 Å². The van der Waals surface area contributed by atoms with Crippen LogP contribution in [0.5, 0.6) is 0 Å². The van der Waals surface area contributed by atoms with E-state index >= 15 is 0 Å². The summed E-state index contributed by atoms with van der Waals surface area (Å²) in [6.07, 6.45) is 8.66. The molecule has 110 valence electrons. The monoisotopic (exact) mass is 274 g/mol. The number of H-pyrrole nitrogens is 1. The Morgan fingerprint density at radius 3 is 2.85 bits per heavy atom. The molecular weight excluding hydrogens is 248 g/mol. The van der Waals surface area contributed by atoms with E-state index in [9.17, 15) is 4.79 Å². The lowest BCUT2D eigenvalue weighted by atomic mass is 9.72. The summed E-state index contributed by atoms with van der Waals surface area (Å²) in [5, 5.41) is 3.90. The van der Waals surface area contributed by atoms with Crippen molar-refractivity contribution >= 4 is 0 Å². The molecule has 0 amide bonds. The van der Waals surface area contributed by atoms with Crippen molar-refractivity contribution in [2.24, 2.45) is 5.41 Å². The Labute approximate surface area is 121 Å². The molecule has 3 heteroatoms. The fourth-order valence-corrected chi connectivity index (χ4v) is 3.92. The van der Waals surface area contributed by atoms with Crippen LogP contribution in [0.15, 0.2) is 16.9 Å². The predicted molar refractivity (Wildman–Crippen MR) is 81.9 cm³/mol. The zero-order chi connectivity index (χ0) is 14.2. The minimum absolute atomic E-state index is 0.0300. The molecule has 3 nitrogen and oxygen atoms in total. The number of fused-ring (bicyclic) bond motifs is 1. The summed E-state index contributed by atoms with van der Waals surface area (Å²) in [5.41, 5.74) is 2.88. The summed E-state index contributed by atoms with van der Waals surface area (Å²) < 4.78 is 0. The summed E-state index contributed by atoms with van der Waals surface area (Å²) in [4.78, 5) is 14.5. The third-order valence-electron chi connectivity index (χ3n) is 5.24. The third kappa shape index (κ3) is 2.69. The minimum Gasteiger partial charge on any atom is -0.326 e. The normalized spacial score (nSPS) is 28.9. The number of hydrogen-bond donors (Lipinski definition) is 2. The highest BCUT2D eigenvalue weighted by Crippen LogP contribution is 2.38. The summed E-state index contributed by atoms with van der Waals surface area (Å²) in [6.45, 7) is 4.78. The molecule has 1 aromatic heterocycles. The fraction of sp³-hybridized carbons (Fsp3) is 0.706. The maximum absolute atomic E-state index is 11.5. The Balaban J connectivity index is 1.81. The number of pyridine rings is 1. The van der Waals surface area contributed by atoms with Crippen LogP contribution in [0.1, 0.15) is 69.7 Å². The topological polar surface area (TPSA) is 44.9 Å². The second kappa shape index (κ2) is 5.36. The van der Waals surface area contributed by atoms with Gasteiger partial charge >= 0.3 is 0 Å². The van der Waals surface area contributed by atoms with Gasteiger partial charge in [0.1, 0.15) is 0 Å². The van der Waals surface area contributed by atoms with Crippen LogP contribution < -0.4 is 10.9 Å². The maximum atomic E-state index is 11.5. The van der Waals surface area contributed by atoms with Gasteiger partial charge in [0, 0.05) is 23.8 Å². The molecule has 2 aliphatic carbocycles. The molecule has 1 aromatic rings. The predicted octanol–water partition coefficient (Wildman–Crippen LogP) is 3.31. The minimum atomic E-state index is 0.0300. The second-order valence-electron chi connectivity index (χ2n) is 7.15. The third-order valence-corrected chi connectivity index (χ3v) is 5.24. The van der Waals surface area contributed by atoms with Crippen LogP contribution in [0.25, 0.3) is 0 Å². The van der Waals surface area contributed by atoms with Gasteiger partial charge in [0.05, 0.1) is 0 Å². The first kappa shape index (κ1) is 13.9. The van der Waals surface area contributed by atoms with E-state index in [1.54, 1.807) is 6.07 Å². The van der Waals surface area contributed by atoms with Gasteiger partial charge in [-0.25, -0.2) is 0 Å². The zero-order valence-electron chi connectivity index (χ0n) is 12.7. The highest BCUT2D eigenvalue weighted by molar-refractivity contribution is 5.26. The molecule has 1 heterocycles. The van der Waals surface area contributed by atoms with Gasteiger partial charge in [-0.3, -0.25) is 4.79 Å². The average molecular weight is 274 g/mol. The van der Waals surface area contributed by atoms with Crippen LogP contribution >= 0.6 is 0 Å². The molecule has 0 radical (unpaired) electrons. The summed E-state index contributed by atoms with van der Waals surface area (Å²) in [5.74, 6) is 0. The highest BCUT2D eigenvalue weighted by atomic mass is 16.1. The van der Waals surface area contributed by atoms with Crippen LogP contribution in [0, 0.1) is 5.41 Å². The molecule has 2 unspecified atom stereocenters. The van der Waals surface area contributed by atoms with Gasteiger partial charge < -0.3 is 10.3 Å². The van der Waals surface area contributed by atoms with Crippen LogP contribution in [0.4, 0.5) is 0 Å². The first-order valence-corrected chi connectivity index (χ1v) is 8.04. The number of hydrogen-bond acceptors (Lipinski definition) is 2. The largest absolute Gasteiger partial charge is 0.326 e. The number of aromatic nitrogens is 1. The molecular formula is C17H26N2O. The second-order valence-corrected chi connectivity index (χ2v) is 7.15. The van der Waals surface area contributed by atoms with Crippen LogP contribution in [-0.4, -0.2) is 11.0 Å². The lowest BCUT2D eigenvalue weighted by molar-refractivity contribution is 0.151. The van der Waals surface area contributed by atoms with Gasteiger partial charge in [-0.2, -0.15) is 0 Å². The zero-order valence-corrected chi connectivity index (χ0v) is 12.7. The van der Waals surface area contributed by atoms with Crippen molar-refractivity contribution in [3.63, 3.8) is 0 Å². The van der Waals surface area contributed by atoms with Crippen LogP contribution in [0.3, 0.4) is 0 Å². The Kier molecular flexibility index (Phi) is 3.72. The van der Waals surface area contributed by atoms with E-state index < -0.39 is 0 Å². The van der Waals surface area contributed by atoms with Crippen molar-refractivity contribution < 1.29 is 0 Å². The smallest absolute Gasteiger partial charge is 0.248 e. The summed E-state index contributed by atoms with van der Waals surface area (Å²) in [6, 6.07) is 4.71. The molecule has 0 saturated heterocycles. The van der Waals surface area contributed by atoms with E-state index in [1.165, 1.54) is 37.7 Å². The number of rotatable bonds is 2. The Hall–Kier alpha value is -1.09. The molecule has 1 fully saturated rings. The molecule has 2 atom stereocenters. The van der Waals surface area contributed by atoms with Gasteiger partial charge in [0.25, 0.3) is 0 Å². The highest BCUT2D eigenvalue weighted by Gasteiger charge is 2.34. The lowest BCUT2D eigenvalue weighted by Crippen LogP contribution is -2.46. The van der Waals surface area contributed by atoms with Crippen molar-refractivity contribution in [2.45, 2.75) is 70.9 Å². The quantitative estimate of drug-likeness (QED) is 0.869. The maximum Gasteiger partial charge on any atom is 0.248 e.